The molecule has 2 aromatic heterocycles. The van der Waals surface area contributed by atoms with Crippen LogP contribution in [-0.2, 0) is 13.0 Å². The van der Waals surface area contributed by atoms with E-state index in [2.05, 4.69) is 27.8 Å². The maximum atomic E-state index is 12.2. The van der Waals surface area contributed by atoms with Crippen LogP contribution >= 0.6 is 0 Å². The predicted octanol–water partition coefficient (Wildman–Crippen LogP) is 3.75. The van der Waals surface area contributed by atoms with Crippen molar-refractivity contribution in [2.45, 2.75) is 39.3 Å². The second-order valence-corrected chi connectivity index (χ2v) is 6.09. The van der Waals surface area contributed by atoms with E-state index in [1.54, 1.807) is 16.9 Å². The molecule has 2 heterocycles. The summed E-state index contributed by atoms with van der Waals surface area (Å²) in [6.07, 6.45) is 3.54. The molecule has 0 fully saturated rings. The molecular weight excluding hydrogens is 330 g/mol. The lowest BCUT2D eigenvalue weighted by atomic mass is 10.1. The number of benzene rings is 1. The number of carbonyl (C=O) groups is 1. The summed E-state index contributed by atoms with van der Waals surface area (Å²) in [5.41, 5.74) is 2.02. The second kappa shape index (κ2) is 8.33. The fraction of sp³-hybridized carbons (Fsp3) is 0.316. The number of aromatic nitrogens is 3. The molecule has 1 atom stereocenters. The van der Waals surface area contributed by atoms with E-state index in [9.17, 15) is 4.79 Å². The van der Waals surface area contributed by atoms with E-state index in [1.165, 1.54) is 0 Å². The van der Waals surface area contributed by atoms with E-state index in [0.29, 0.717) is 11.6 Å². The van der Waals surface area contributed by atoms with Crippen molar-refractivity contribution >= 4 is 11.8 Å². The maximum Gasteiger partial charge on any atom is 0.320 e. The molecule has 0 aliphatic heterocycles. The van der Waals surface area contributed by atoms with Crippen LogP contribution in [0.2, 0.25) is 0 Å². The first-order valence-electron chi connectivity index (χ1n) is 8.75. The molecule has 0 radical (unpaired) electrons. The van der Waals surface area contributed by atoms with E-state index in [4.69, 9.17) is 4.52 Å². The molecule has 136 valence electrons. The highest BCUT2D eigenvalue weighted by molar-refractivity contribution is 5.88. The van der Waals surface area contributed by atoms with Gasteiger partial charge in [-0.2, -0.15) is 5.10 Å². The van der Waals surface area contributed by atoms with Gasteiger partial charge in [-0.1, -0.05) is 48.8 Å². The first-order valence-corrected chi connectivity index (χ1v) is 8.75. The molecule has 0 saturated carbocycles. The van der Waals surface area contributed by atoms with Crippen LogP contribution in [0.5, 0.6) is 0 Å². The quantitative estimate of drug-likeness (QED) is 0.677. The summed E-state index contributed by atoms with van der Waals surface area (Å²) in [5.74, 6) is 1.26. The van der Waals surface area contributed by atoms with Crippen LogP contribution in [0.3, 0.4) is 0 Å². The summed E-state index contributed by atoms with van der Waals surface area (Å²) in [6, 6.07) is 13.3. The zero-order valence-corrected chi connectivity index (χ0v) is 15.0. The van der Waals surface area contributed by atoms with Crippen molar-refractivity contribution in [3.8, 4) is 0 Å². The Balaban J connectivity index is 1.59. The van der Waals surface area contributed by atoms with Crippen LogP contribution in [-0.4, -0.2) is 21.0 Å². The van der Waals surface area contributed by atoms with Gasteiger partial charge in [-0.3, -0.25) is 5.32 Å². The summed E-state index contributed by atoms with van der Waals surface area (Å²) in [5, 5.41) is 13.9. The van der Waals surface area contributed by atoms with Crippen LogP contribution < -0.4 is 10.6 Å². The van der Waals surface area contributed by atoms with Crippen molar-refractivity contribution in [2.75, 3.05) is 5.32 Å². The van der Waals surface area contributed by atoms with Gasteiger partial charge in [-0.15, -0.1) is 0 Å². The number of anilines is 1. The number of nitrogens with one attached hydrogen (secondary N) is 2. The van der Waals surface area contributed by atoms with E-state index >= 15 is 0 Å². The lowest BCUT2D eigenvalue weighted by molar-refractivity contribution is 0.249. The first-order chi connectivity index (χ1) is 12.7. The Morgan fingerprint density at radius 2 is 2.08 bits per heavy atom. The average Bonchev–Trinajstić information content (AvgIpc) is 3.30. The Labute approximate surface area is 152 Å². The molecule has 7 heteroatoms. The molecular formula is C19H23N5O2. The molecule has 7 nitrogen and oxygen atoms in total. The van der Waals surface area contributed by atoms with E-state index in [0.717, 1.165) is 24.1 Å². The molecule has 0 aliphatic rings. The van der Waals surface area contributed by atoms with Crippen LogP contribution in [0.15, 0.2) is 53.2 Å². The lowest BCUT2D eigenvalue weighted by Crippen LogP contribution is -2.29. The largest absolute Gasteiger partial charge is 0.359 e. The van der Waals surface area contributed by atoms with Gasteiger partial charge in [-0.05, 0) is 18.9 Å². The van der Waals surface area contributed by atoms with Gasteiger partial charge in [0.05, 0.1) is 24.5 Å². The fourth-order valence-electron chi connectivity index (χ4n) is 2.74. The van der Waals surface area contributed by atoms with Crippen molar-refractivity contribution in [1.82, 2.24) is 20.3 Å². The molecule has 0 aliphatic carbocycles. The molecule has 0 unspecified atom stereocenters. The average molecular weight is 353 g/mol. The summed E-state index contributed by atoms with van der Waals surface area (Å²) in [7, 11) is 0. The molecule has 2 N–H and O–H groups in total. The molecule has 3 aromatic rings. The first kappa shape index (κ1) is 17.7. The van der Waals surface area contributed by atoms with Crippen molar-refractivity contribution in [2.24, 2.45) is 0 Å². The molecule has 2 amide bonds. The van der Waals surface area contributed by atoms with Gasteiger partial charge in [0.1, 0.15) is 5.82 Å². The molecule has 1 aromatic carbocycles. The van der Waals surface area contributed by atoms with Crippen LogP contribution in [0.4, 0.5) is 10.6 Å². The van der Waals surface area contributed by atoms with Crippen LogP contribution in [0, 0.1) is 0 Å². The normalized spacial score (nSPS) is 11.9. The third kappa shape index (κ3) is 4.30. The molecule has 26 heavy (non-hydrogen) atoms. The van der Waals surface area contributed by atoms with Crippen molar-refractivity contribution in [3.63, 3.8) is 0 Å². The zero-order valence-electron chi connectivity index (χ0n) is 15.0. The Bertz CT molecular complexity index is 841. The molecule has 0 saturated heterocycles. The summed E-state index contributed by atoms with van der Waals surface area (Å²) in [4.78, 5) is 12.2. The highest BCUT2D eigenvalue weighted by Gasteiger charge is 2.14. The number of carbonyl (C=O) groups excluding carboxylic acids is 1. The minimum absolute atomic E-state index is 0.00683. The monoisotopic (exact) mass is 353 g/mol. The van der Waals surface area contributed by atoms with E-state index < -0.39 is 0 Å². The Morgan fingerprint density at radius 3 is 2.85 bits per heavy atom. The number of hydrogen-bond donors (Lipinski definition) is 2. The Morgan fingerprint density at radius 1 is 1.27 bits per heavy atom. The fourth-order valence-corrected chi connectivity index (χ4v) is 2.74. The van der Waals surface area contributed by atoms with Gasteiger partial charge >= 0.3 is 6.03 Å². The molecule has 3 rings (SSSR count). The number of hydrogen-bond acceptors (Lipinski definition) is 4. The van der Waals surface area contributed by atoms with Gasteiger partial charge in [0.2, 0.25) is 0 Å². The molecule has 0 bridgehead atoms. The van der Waals surface area contributed by atoms with Gasteiger partial charge in [0.25, 0.3) is 0 Å². The minimum atomic E-state index is -0.319. The highest BCUT2D eigenvalue weighted by atomic mass is 16.5. The van der Waals surface area contributed by atoms with Gasteiger partial charge in [-0.25, -0.2) is 9.48 Å². The van der Waals surface area contributed by atoms with Gasteiger partial charge in [0, 0.05) is 12.1 Å². The standard InChI is InChI=1S/C19H23N5O2/c1-3-7-16-12-17(26-23-16)13-20-19(25)22-18-10-11-21-24(18)14(2)15-8-5-4-6-9-15/h4-6,8-12,14H,3,7,13H2,1-2H3,(H2,20,22,25)/t14-/m1/s1. The number of amides is 2. The minimum Gasteiger partial charge on any atom is -0.359 e. The Hall–Kier alpha value is -3.09. The summed E-state index contributed by atoms with van der Waals surface area (Å²) < 4.78 is 6.99. The smallest absolute Gasteiger partial charge is 0.320 e. The van der Waals surface area contributed by atoms with Crippen molar-refractivity contribution in [3.05, 3.63) is 65.7 Å². The van der Waals surface area contributed by atoms with Crippen LogP contribution in [0.1, 0.15) is 43.3 Å². The number of aryl methyl sites for hydroxylation is 1. The lowest BCUT2D eigenvalue weighted by Gasteiger charge is -2.16. The molecule has 0 spiro atoms. The Kier molecular flexibility index (Phi) is 5.68. The summed E-state index contributed by atoms with van der Waals surface area (Å²) in [6.45, 7) is 4.40. The highest BCUT2D eigenvalue weighted by Crippen LogP contribution is 2.21. The third-order valence-electron chi connectivity index (χ3n) is 4.10. The number of rotatable bonds is 7. The van der Waals surface area contributed by atoms with Gasteiger partial charge in [0.15, 0.2) is 5.76 Å². The van der Waals surface area contributed by atoms with Gasteiger partial charge < -0.3 is 9.84 Å². The van der Waals surface area contributed by atoms with E-state index in [-0.39, 0.29) is 18.6 Å². The van der Waals surface area contributed by atoms with Crippen molar-refractivity contribution in [1.29, 1.82) is 0 Å². The number of urea groups is 1. The van der Waals surface area contributed by atoms with Crippen LogP contribution in [0.25, 0.3) is 0 Å². The summed E-state index contributed by atoms with van der Waals surface area (Å²) >= 11 is 0. The maximum absolute atomic E-state index is 12.2. The van der Waals surface area contributed by atoms with Crippen molar-refractivity contribution < 1.29 is 9.32 Å². The third-order valence-corrected chi connectivity index (χ3v) is 4.10. The second-order valence-electron chi connectivity index (χ2n) is 6.09. The van der Waals surface area contributed by atoms with E-state index in [1.807, 2.05) is 43.3 Å². The SMILES string of the molecule is CCCc1cc(CNC(=O)Nc2ccnn2[C@H](C)c2ccccc2)on1. The topological polar surface area (TPSA) is 85.0 Å². The predicted molar refractivity (Wildman–Crippen MR) is 98.8 cm³/mol. The number of nitrogens with zero attached hydrogens (tertiary/aromatic N) is 3. The zero-order chi connectivity index (χ0) is 18.4.